The molecule has 2 saturated carbocycles. The van der Waals surface area contributed by atoms with Gasteiger partial charge < -0.3 is 9.64 Å². The minimum Gasteiger partial charge on any atom is -0.496 e. The van der Waals surface area contributed by atoms with E-state index in [9.17, 15) is 0 Å². The van der Waals surface area contributed by atoms with Gasteiger partial charge in [-0.2, -0.15) is 0 Å². The van der Waals surface area contributed by atoms with Crippen LogP contribution in [0.4, 0.5) is 0 Å². The van der Waals surface area contributed by atoms with E-state index in [0.29, 0.717) is 5.92 Å². The van der Waals surface area contributed by atoms with Crippen molar-refractivity contribution >= 4 is 0 Å². The van der Waals surface area contributed by atoms with Crippen LogP contribution < -0.4 is 4.74 Å². The van der Waals surface area contributed by atoms with Crippen LogP contribution in [0, 0.1) is 23.7 Å². The molecule has 1 aliphatic heterocycles. The van der Waals surface area contributed by atoms with E-state index in [-0.39, 0.29) is 0 Å². The largest absolute Gasteiger partial charge is 0.496 e. The highest BCUT2D eigenvalue weighted by Gasteiger charge is 2.43. The number of hydrogen-bond acceptors (Lipinski definition) is 2. The van der Waals surface area contributed by atoms with Gasteiger partial charge in [0.1, 0.15) is 5.75 Å². The fourth-order valence-electron chi connectivity index (χ4n) is 6.00. The highest BCUT2D eigenvalue weighted by atomic mass is 16.5. The molecule has 1 saturated heterocycles. The van der Waals surface area contributed by atoms with Crippen molar-refractivity contribution in [3.63, 3.8) is 0 Å². The molecule has 2 aliphatic carbocycles. The second-order valence-electron chi connectivity index (χ2n) is 9.13. The molecule has 2 aromatic rings. The standard InChI is InChI=1S/C27H31NO/c1-29-27-12-10-21(8-7-20-5-3-2-4-6-20)18-25(27)23-13-15-28(16-14-23)26-19-22-9-11-24(26)17-22/h2-6,10,12,18,22-24,26H,9,11,13-17,19H2,1H3/t22-,24?,26-/m0/s1. The van der Waals surface area contributed by atoms with E-state index in [1.54, 1.807) is 7.11 Å². The summed E-state index contributed by atoms with van der Waals surface area (Å²) in [5.74, 6) is 10.3. The minimum absolute atomic E-state index is 0.582. The Morgan fingerprint density at radius 1 is 0.862 bits per heavy atom. The van der Waals surface area contributed by atoms with Gasteiger partial charge in [0.2, 0.25) is 0 Å². The lowest BCUT2D eigenvalue weighted by molar-refractivity contribution is 0.110. The Morgan fingerprint density at radius 2 is 1.66 bits per heavy atom. The van der Waals surface area contributed by atoms with Crippen molar-refractivity contribution in [1.29, 1.82) is 0 Å². The fraction of sp³-hybridized carbons (Fsp3) is 0.481. The van der Waals surface area contributed by atoms with Gasteiger partial charge in [-0.15, -0.1) is 0 Å². The van der Waals surface area contributed by atoms with E-state index in [4.69, 9.17) is 4.74 Å². The van der Waals surface area contributed by atoms with Gasteiger partial charge in [-0.05, 0) is 98.8 Å². The monoisotopic (exact) mass is 385 g/mol. The molecule has 2 nitrogen and oxygen atoms in total. The molecular weight excluding hydrogens is 354 g/mol. The number of methoxy groups -OCH3 is 1. The van der Waals surface area contributed by atoms with Gasteiger partial charge in [-0.1, -0.05) is 36.5 Å². The molecule has 150 valence electrons. The molecule has 0 spiro atoms. The molecule has 0 aromatic heterocycles. The summed E-state index contributed by atoms with van der Waals surface area (Å²) in [5, 5.41) is 0. The summed E-state index contributed by atoms with van der Waals surface area (Å²) in [5.41, 5.74) is 3.49. The summed E-state index contributed by atoms with van der Waals surface area (Å²) in [4.78, 5) is 2.81. The molecule has 3 fully saturated rings. The highest BCUT2D eigenvalue weighted by Crippen LogP contribution is 2.48. The molecule has 1 unspecified atom stereocenters. The molecule has 2 aromatic carbocycles. The van der Waals surface area contributed by atoms with E-state index < -0.39 is 0 Å². The number of fused-ring (bicyclic) bond motifs is 2. The van der Waals surface area contributed by atoms with Gasteiger partial charge in [0, 0.05) is 17.2 Å². The van der Waals surface area contributed by atoms with Gasteiger partial charge in [0.05, 0.1) is 7.11 Å². The molecule has 1 heterocycles. The van der Waals surface area contributed by atoms with Crippen LogP contribution in [0.15, 0.2) is 48.5 Å². The van der Waals surface area contributed by atoms with Crippen molar-refractivity contribution in [2.75, 3.05) is 20.2 Å². The summed E-state index contributed by atoms with van der Waals surface area (Å²) >= 11 is 0. The van der Waals surface area contributed by atoms with Crippen LogP contribution in [-0.4, -0.2) is 31.1 Å². The van der Waals surface area contributed by atoms with E-state index in [0.717, 1.165) is 34.8 Å². The van der Waals surface area contributed by atoms with Gasteiger partial charge in [-0.25, -0.2) is 0 Å². The van der Waals surface area contributed by atoms with E-state index in [2.05, 4.69) is 47.1 Å². The lowest BCUT2D eigenvalue weighted by Gasteiger charge is -2.40. The third kappa shape index (κ3) is 3.94. The molecule has 5 rings (SSSR count). The van der Waals surface area contributed by atoms with Crippen LogP contribution in [0.2, 0.25) is 0 Å². The maximum atomic E-state index is 5.72. The number of likely N-dealkylation sites (tertiary alicyclic amines) is 1. The van der Waals surface area contributed by atoms with Crippen LogP contribution in [0.5, 0.6) is 5.75 Å². The number of benzene rings is 2. The van der Waals surface area contributed by atoms with Crippen LogP contribution in [0.25, 0.3) is 0 Å². The zero-order valence-corrected chi connectivity index (χ0v) is 17.4. The van der Waals surface area contributed by atoms with E-state index in [1.807, 2.05) is 18.2 Å². The Morgan fingerprint density at radius 3 is 2.34 bits per heavy atom. The first kappa shape index (κ1) is 18.8. The third-order valence-corrected chi connectivity index (χ3v) is 7.49. The number of ether oxygens (including phenoxy) is 1. The Labute approximate surface area is 175 Å². The number of nitrogens with zero attached hydrogens (tertiary/aromatic N) is 1. The first-order valence-corrected chi connectivity index (χ1v) is 11.3. The van der Waals surface area contributed by atoms with Crippen molar-refractivity contribution < 1.29 is 4.74 Å². The molecule has 2 bridgehead atoms. The van der Waals surface area contributed by atoms with E-state index >= 15 is 0 Å². The predicted molar refractivity (Wildman–Crippen MR) is 118 cm³/mol. The first-order chi connectivity index (χ1) is 14.3. The maximum Gasteiger partial charge on any atom is 0.122 e. The Bertz CT molecular complexity index is 901. The molecule has 0 amide bonds. The van der Waals surface area contributed by atoms with Crippen LogP contribution in [-0.2, 0) is 0 Å². The highest BCUT2D eigenvalue weighted by molar-refractivity contribution is 5.48. The minimum atomic E-state index is 0.582. The van der Waals surface area contributed by atoms with Crippen molar-refractivity contribution in [1.82, 2.24) is 4.90 Å². The zero-order chi connectivity index (χ0) is 19.6. The molecule has 29 heavy (non-hydrogen) atoms. The summed E-state index contributed by atoms with van der Waals surface area (Å²) < 4.78 is 5.72. The van der Waals surface area contributed by atoms with Crippen molar-refractivity contribution in [3.8, 4) is 17.6 Å². The average Bonchev–Trinajstić information content (AvgIpc) is 3.42. The second kappa shape index (κ2) is 8.25. The quantitative estimate of drug-likeness (QED) is 0.650. The van der Waals surface area contributed by atoms with Crippen molar-refractivity contribution in [2.24, 2.45) is 11.8 Å². The molecule has 3 atom stereocenters. The van der Waals surface area contributed by atoms with Crippen molar-refractivity contribution in [3.05, 3.63) is 65.2 Å². The summed E-state index contributed by atoms with van der Waals surface area (Å²) in [6.45, 7) is 2.48. The Kier molecular flexibility index (Phi) is 5.34. The molecule has 3 aliphatic rings. The lowest BCUT2D eigenvalue weighted by Crippen LogP contribution is -2.43. The second-order valence-corrected chi connectivity index (χ2v) is 9.13. The molecule has 0 N–H and O–H groups in total. The van der Waals surface area contributed by atoms with Gasteiger partial charge >= 0.3 is 0 Å². The van der Waals surface area contributed by atoms with Gasteiger partial charge in [0.15, 0.2) is 0 Å². The van der Waals surface area contributed by atoms with Crippen LogP contribution in [0.3, 0.4) is 0 Å². The summed E-state index contributed by atoms with van der Waals surface area (Å²) in [6.07, 6.45) is 8.40. The smallest absolute Gasteiger partial charge is 0.122 e. The average molecular weight is 386 g/mol. The molecule has 2 heteroatoms. The number of rotatable bonds is 3. The van der Waals surface area contributed by atoms with E-state index in [1.165, 1.54) is 57.2 Å². The Hall–Kier alpha value is -2.24. The molecular formula is C27H31NO. The number of piperidine rings is 1. The molecule has 0 radical (unpaired) electrons. The van der Waals surface area contributed by atoms with Gasteiger partial charge in [-0.3, -0.25) is 0 Å². The summed E-state index contributed by atoms with van der Waals surface area (Å²) in [7, 11) is 1.79. The van der Waals surface area contributed by atoms with Crippen LogP contribution >= 0.6 is 0 Å². The fourth-order valence-corrected chi connectivity index (χ4v) is 6.00. The number of hydrogen-bond donors (Lipinski definition) is 0. The zero-order valence-electron chi connectivity index (χ0n) is 17.4. The van der Waals surface area contributed by atoms with Crippen LogP contribution in [0.1, 0.15) is 61.1 Å². The first-order valence-electron chi connectivity index (χ1n) is 11.3. The summed E-state index contributed by atoms with van der Waals surface area (Å²) in [6, 6.07) is 17.5. The SMILES string of the molecule is COc1ccc(C#Cc2ccccc2)cc1C1CCN([C@H]2C[C@H]3CCC2C3)CC1. The third-order valence-electron chi connectivity index (χ3n) is 7.49. The van der Waals surface area contributed by atoms with Gasteiger partial charge in [0.25, 0.3) is 0 Å². The van der Waals surface area contributed by atoms with Crippen molar-refractivity contribution in [2.45, 2.75) is 50.5 Å². The predicted octanol–water partition coefficient (Wildman–Crippen LogP) is 5.46. The normalized spacial score (nSPS) is 26.9. The topological polar surface area (TPSA) is 12.5 Å². The Balaban J connectivity index is 1.29. The lowest BCUT2D eigenvalue weighted by atomic mass is 9.85. The maximum absolute atomic E-state index is 5.72.